The first-order valence-corrected chi connectivity index (χ1v) is 10.8. The van der Waals surface area contributed by atoms with E-state index in [-0.39, 0.29) is 24.0 Å². The van der Waals surface area contributed by atoms with E-state index >= 15 is 0 Å². The first-order chi connectivity index (χ1) is 16.7. The number of aromatic nitrogens is 4. The monoisotopic (exact) mass is 513 g/mol. The van der Waals surface area contributed by atoms with Gasteiger partial charge in [-0.1, -0.05) is 12.1 Å². The quantitative estimate of drug-likeness (QED) is 0.301. The smallest absolute Gasteiger partial charge is 0.272 e. The van der Waals surface area contributed by atoms with Crippen LogP contribution in [0.3, 0.4) is 0 Å². The summed E-state index contributed by atoms with van der Waals surface area (Å²) in [5.41, 5.74) is 3.35. The molecular formula is C23H18Cl2FN7O2. The van der Waals surface area contributed by atoms with Crippen LogP contribution in [0.5, 0.6) is 0 Å². The van der Waals surface area contributed by atoms with Crippen molar-refractivity contribution in [2.45, 2.75) is 13.5 Å². The Kier molecular flexibility index (Phi) is 8.30. The van der Waals surface area contributed by atoms with Gasteiger partial charge in [-0.3, -0.25) is 19.1 Å². The molecule has 0 aliphatic heterocycles. The number of benzene rings is 2. The summed E-state index contributed by atoms with van der Waals surface area (Å²) in [6.45, 7) is 1.93. The highest BCUT2D eigenvalue weighted by Gasteiger charge is 2.19. The van der Waals surface area contributed by atoms with Crippen LogP contribution in [0.15, 0.2) is 48.8 Å². The van der Waals surface area contributed by atoms with E-state index in [2.05, 4.69) is 25.2 Å². The number of anilines is 1. The standard InChI is InChI=1S/C15H14ClFN6O.C8H4ClNO/c1-8-5-9(3-4-10(8)17)6-18-15(24)12-13-11(19-7-20-12)14(21-16)22-23(13)2;9-8(11)7-3-1-6(5-10)2-4-7/h3-5,7H,6H2,1-2H3,(H,18,24)(H,21,22);1-4H. The number of carbonyl (C=O) groups is 2. The van der Waals surface area contributed by atoms with Crippen LogP contribution >= 0.6 is 23.4 Å². The molecule has 2 aromatic carbocycles. The maximum Gasteiger partial charge on any atom is 0.272 e. The highest BCUT2D eigenvalue weighted by Crippen LogP contribution is 2.22. The zero-order chi connectivity index (χ0) is 25.5. The molecule has 35 heavy (non-hydrogen) atoms. The van der Waals surface area contributed by atoms with Crippen LogP contribution in [0.1, 0.15) is 37.5 Å². The molecule has 4 aromatic rings. The summed E-state index contributed by atoms with van der Waals surface area (Å²) in [6, 6.07) is 12.8. The topological polar surface area (TPSA) is 126 Å². The van der Waals surface area contributed by atoms with Crippen LogP contribution in [0.2, 0.25) is 0 Å². The molecule has 0 spiro atoms. The molecule has 178 valence electrons. The Morgan fingerprint density at radius 2 is 1.89 bits per heavy atom. The average Bonchev–Trinajstić information content (AvgIpc) is 3.20. The lowest BCUT2D eigenvalue weighted by atomic mass is 10.1. The maximum absolute atomic E-state index is 13.3. The zero-order valence-electron chi connectivity index (χ0n) is 18.5. The van der Waals surface area contributed by atoms with E-state index in [4.69, 9.17) is 28.6 Å². The van der Waals surface area contributed by atoms with Gasteiger partial charge in [-0.25, -0.2) is 14.4 Å². The second-order valence-electron chi connectivity index (χ2n) is 7.22. The number of amides is 1. The summed E-state index contributed by atoms with van der Waals surface area (Å²) in [7, 11) is 1.67. The van der Waals surface area contributed by atoms with Gasteiger partial charge in [0.25, 0.3) is 11.1 Å². The molecule has 2 N–H and O–H groups in total. The number of hydrogen-bond donors (Lipinski definition) is 2. The number of nitrogens with zero attached hydrogens (tertiary/aromatic N) is 5. The molecule has 0 atom stereocenters. The van der Waals surface area contributed by atoms with Crippen molar-refractivity contribution in [2.75, 3.05) is 4.84 Å². The molecule has 0 bridgehead atoms. The van der Waals surface area contributed by atoms with Gasteiger partial charge in [-0.2, -0.15) is 10.4 Å². The molecule has 4 rings (SSSR count). The van der Waals surface area contributed by atoms with Crippen molar-refractivity contribution in [1.82, 2.24) is 25.1 Å². The van der Waals surface area contributed by atoms with Crippen molar-refractivity contribution in [3.63, 3.8) is 0 Å². The molecule has 0 aliphatic carbocycles. The molecule has 0 saturated carbocycles. The number of halogens is 3. The molecule has 9 nitrogen and oxygen atoms in total. The van der Waals surface area contributed by atoms with Gasteiger partial charge in [-0.05, 0) is 60.0 Å². The largest absolute Gasteiger partial charge is 0.347 e. The predicted octanol–water partition coefficient (Wildman–Crippen LogP) is 4.24. The summed E-state index contributed by atoms with van der Waals surface area (Å²) in [5.74, 6) is -0.313. The zero-order valence-corrected chi connectivity index (χ0v) is 20.0. The Morgan fingerprint density at radius 1 is 1.17 bits per heavy atom. The average molecular weight is 514 g/mol. The summed E-state index contributed by atoms with van der Waals surface area (Å²) in [6.07, 6.45) is 1.28. The lowest BCUT2D eigenvalue weighted by Crippen LogP contribution is -2.24. The van der Waals surface area contributed by atoms with E-state index in [1.54, 1.807) is 38.2 Å². The molecule has 2 aromatic heterocycles. The van der Waals surface area contributed by atoms with Gasteiger partial charge < -0.3 is 5.32 Å². The van der Waals surface area contributed by atoms with Crippen LogP contribution in [-0.4, -0.2) is 30.9 Å². The lowest BCUT2D eigenvalue weighted by molar-refractivity contribution is 0.0946. The van der Waals surface area contributed by atoms with Crippen molar-refractivity contribution in [1.29, 1.82) is 5.26 Å². The Balaban J connectivity index is 0.000000261. The van der Waals surface area contributed by atoms with E-state index in [9.17, 15) is 14.0 Å². The van der Waals surface area contributed by atoms with Gasteiger partial charge in [-0.15, -0.1) is 0 Å². The fourth-order valence-electron chi connectivity index (χ4n) is 3.09. The van der Waals surface area contributed by atoms with Gasteiger partial charge in [0.2, 0.25) is 0 Å². The molecule has 1 amide bonds. The Labute approximate surface area is 209 Å². The van der Waals surface area contributed by atoms with E-state index in [1.807, 2.05) is 6.07 Å². The van der Waals surface area contributed by atoms with E-state index < -0.39 is 5.24 Å². The molecular weight excluding hydrogens is 496 g/mol. The Bertz CT molecular complexity index is 1430. The summed E-state index contributed by atoms with van der Waals surface area (Å²) >= 11 is 10.8. The second kappa shape index (κ2) is 11.4. The van der Waals surface area contributed by atoms with Crippen molar-refractivity contribution >= 4 is 51.4 Å². The highest BCUT2D eigenvalue weighted by atomic mass is 35.5. The van der Waals surface area contributed by atoms with Gasteiger partial charge in [0.05, 0.1) is 11.6 Å². The fourth-order valence-corrected chi connectivity index (χ4v) is 3.35. The van der Waals surface area contributed by atoms with Crippen molar-refractivity contribution in [3.05, 3.63) is 82.6 Å². The van der Waals surface area contributed by atoms with Crippen LogP contribution in [-0.2, 0) is 13.6 Å². The van der Waals surface area contributed by atoms with Crippen LogP contribution in [0, 0.1) is 24.1 Å². The van der Waals surface area contributed by atoms with Crippen molar-refractivity contribution in [3.8, 4) is 6.07 Å². The maximum atomic E-state index is 13.3. The minimum Gasteiger partial charge on any atom is -0.347 e. The van der Waals surface area contributed by atoms with Crippen molar-refractivity contribution < 1.29 is 14.0 Å². The molecule has 0 aliphatic rings. The number of hydrogen-bond acceptors (Lipinski definition) is 7. The van der Waals surface area contributed by atoms with E-state index in [1.165, 1.54) is 29.2 Å². The van der Waals surface area contributed by atoms with Crippen LogP contribution in [0.4, 0.5) is 10.2 Å². The van der Waals surface area contributed by atoms with Crippen LogP contribution < -0.4 is 10.2 Å². The SMILES string of the molecule is Cc1cc(CNC(=O)c2ncnc3c(NCl)nn(C)c23)ccc1F.N#Cc1ccc(C(=O)Cl)cc1. The molecule has 12 heteroatoms. The lowest BCUT2D eigenvalue weighted by Gasteiger charge is -2.07. The van der Waals surface area contributed by atoms with Gasteiger partial charge in [0.15, 0.2) is 11.5 Å². The second-order valence-corrected chi connectivity index (χ2v) is 7.75. The predicted molar refractivity (Wildman–Crippen MR) is 129 cm³/mol. The van der Waals surface area contributed by atoms with Crippen molar-refractivity contribution in [2.24, 2.45) is 7.05 Å². The Morgan fingerprint density at radius 3 is 2.49 bits per heavy atom. The van der Waals surface area contributed by atoms with Gasteiger partial charge in [0.1, 0.15) is 23.2 Å². The molecule has 2 heterocycles. The Hall–Kier alpha value is -4.07. The minimum absolute atomic E-state index is 0.187. The van der Waals surface area contributed by atoms with E-state index in [0.29, 0.717) is 33.5 Å². The number of aryl methyl sites for hydroxylation is 2. The number of fused-ring (bicyclic) bond motifs is 1. The number of nitrogens with one attached hydrogen (secondary N) is 2. The first kappa shape index (κ1) is 25.6. The minimum atomic E-state index is -0.505. The number of rotatable bonds is 5. The summed E-state index contributed by atoms with van der Waals surface area (Å²) in [4.78, 5) is 33.5. The van der Waals surface area contributed by atoms with Gasteiger partial charge in [0, 0.05) is 30.9 Å². The highest BCUT2D eigenvalue weighted by molar-refractivity contribution is 6.67. The number of carbonyl (C=O) groups excluding carboxylic acids is 2. The third-order valence-corrected chi connectivity index (χ3v) is 5.24. The molecule has 0 fully saturated rings. The third kappa shape index (κ3) is 6.09. The first-order valence-electron chi connectivity index (χ1n) is 10.0. The number of nitriles is 1. The summed E-state index contributed by atoms with van der Waals surface area (Å²) < 4.78 is 14.8. The fraction of sp³-hybridized carbons (Fsp3) is 0.130. The van der Waals surface area contributed by atoms with E-state index in [0.717, 1.165) is 5.56 Å². The third-order valence-electron chi connectivity index (χ3n) is 4.84. The molecule has 0 saturated heterocycles. The molecule has 0 unspecified atom stereocenters. The normalized spacial score (nSPS) is 10.2. The summed E-state index contributed by atoms with van der Waals surface area (Å²) in [5, 5.41) is 14.8. The van der Waals surface area contributed by atoms with Gasteiger partial charge >= 0.3 is 0 Å². The van der Waals surface area contributed by atoms with Crippen LogP contribution in [0.25, 0.3) is 11.0 Å². The molecule has 0 radical (unpaired) electrons.